The number of nitrogens with zero attached hydrogens (tertiary/aromatic N) is 4. The molecule has 10 heteroatoms. The van der Waals surface area contributed by atoms with Gasteiger partial charge in [-0.3, -0.25) is 4.21 Å². The summed E-state index contributed by atoms with van der Waals surface area (Å²) in [7, 11) is -2.20. The molecule has 3 heterocycles. The number of aliphatic hydroxyl groups excluding tert-OH is 1. The minimum atomic E-state index is -2.95. The fourth-order valence-corrected chi connectivity index (χ4v) is 6.67. The first-order valence-corrected chi connectivity index (χ1v) is 15.3. The van der Waals surface area contributed by atoms with E-state index in [4.69, 9.17) is 4.74 Å². The Morgan fingerprint density at radius 2 is 1.82 bits per heavy atom. The second-order valence-corrected chi connectivity index (χ2v) is 13.0. The lowest BCUT2D eigenvalue weighted by molar-refractivity contribution is -0.0506. The van der Waals surface area contributed by atoms with E-state index in [1.807, 2.05) is 34.5 Å². The van der Waals surface area contributed by atoms with E-state index in [9.17, 15) is 18.1 Å². The molecule has 1 saturated heterocycles. The first-order valence-electron chi connectivity index (χ1n) is 13.2. The molecule has 2 aliphatic heterocycles. The summed E-state index contributed by atoms with van der Waals surface area (Å²) < 4.78 is 45.3. The molecular weight excluding hydrogens is 534 g/mol. The van der Waals surface area contributed by atoms with E-state index in [-0.39, 0.29) is 17.6 Å². The maximum absolute atomic E-state index is 13.2. The number of aromatic nitrogens is 2. The molecule has 1 aromatic heterocycles. The van der Waals surface area contributed by atoms with Crippen LogP contribution in [0.3, 0.4) is 0 Å². The van der Waals surface area contributed by atoms with E-state index < -0.39 is 22.4 Å². The molecule has 3 unspecified atom stereocenters. The number of alkyl halides is 2. The molecule has 5 rings (SSSR count). The summed E-state index contributed by atoms with van der Waals surface area (Å²) in [6, 6.07) is 6.71. The summed E-state index contributed by atoms with van der Waals surface area (Å²) in [6.45, 7) is 4.49. The summed E-state index contributed by atoms with van der Waals surface area (Å²) >= 11 is 0. The SMILES string of the molecule is C=C1C=CC(c2cnc(C3CCN(S(=C)(C)=O)CC3)nc2)=CN1C1=C(C)C(O)CC1c1ccccc1OC(F)F. The monoisotopic (exact) mass is 568 g/mol. The van der Waals surface area contributed by atoms with Crippen molar-refractivity contribution in [3.8, 4) is 5.75 Å². The molecule has 2 aromatic rings. The van der Waals surface area contributed by atoms with Gasteiger partial charge in [-0.05, 0) is 49.8 Å². The highest BCUT2D eigenvalue weighted by atomic mass is 32.2. The van der Waals surface area contributed by atoms with Crippen molar-refractivity contribution in [2.24, 2.45) is 0 Å². The second kappa shape index (κ2) is 11.3. The van der Waals surface area contributed by atoms with Gasteiger partial charge >= 0.3 is 6.61 Å². The van der Waals surface area contributed by atoms with Crippen LogP contribution in [-0.2, 0) is 9.71 Å². The first kappa shape index (κ1) is 28.2. The number of aliphatic hydroxyl groups is 1. The highest BCUT2D eigenvalue weighted by Gasteiger charge is 2.37. The molecule has 1 aromatic carbocycles. The third kappa shape index (κ3) is 5.75. The molecule has 0 saturated carbocycles. The second-order valence-electron chi connectivity index (χ2n) is 10.6. The molecule has 3 aliphatic rings. The van der Waals surface area contributed by atoms with Crippen molar-refractivity contribution < 1.29 is 22.8 Å². The number of para-hydroxylation sites is 1. The molecule has 1 N–H and O–H groups in total. The van der Waals surface area contributed by atoms with Crippen LogP contribution >= 0.6 is 0 Å². The average Bonchev–Trinajstić information content (AvgIpc) is 3.22. The standard InChI is InChI=1S/C30H34F2N4O3S/c1-19-9-10-22(23-16-33-29(34-17-23)21-11-13-35(14-12-21)40(3,4)38)18-36(19)28-20(2)26(37)15-25(28)24-7-5-6-8-27(24)39-30(31)32/h5-10,16-18,21,25-26,30,37H,1,3,11-15H2,2,4H3. The van der Waals surface area contributed by atoms with Gasteiger partial charge in [-0.25, -0.2) is 14.3 Å². The van der Waals surface area contributed by atoms with Crippen molar-refractivity contribution in [2.45, 2.75) is 50.7 Å². The van der Waals surface area contributed by atoms with Crippen LogP contribution in [-0.4, -0.2) is 66.4 Å². The van der Waals surface area contributed by atoms with E-state index in [0.717, 1.165) is 41.1 Å². The lowest BCUT2D eigenvalue weighted by atomic mass is 9.93. The predicted octanol–water partition coefficient (Wildman–Crippen LogP) is 5.07. The topological polar surface area (TPSA) is 78.8 Å². The largest absolute Gasteiger partial charge is 0.435 e. The zero-order chi connectivity index (χ0) is 28.6. The Morgan fingerprint density at radius 1 is 1.15 bits per heavy atom. The van der Waals surface area contributed by atoms with Gasteiger partial charge in [0.2, 0.25) is 0 Å². The van der Waals surface area contributed by atoms with E-state index >= 15 is 0 Å². The summed E-state index contributed by atoms with van der Waals surface area (Å²) in [5, 5.41) is 10.8. The van der Waals surface area contributed by atoms with Crippen LogP contribution in [0.1, 0.15) is 55.0 Å². The molecule has 0 amide bonds. The number of hydrogen-bond acceptors (Lipinski definition) is 6. The minimum Gasteiger partial charge on any atom is -0.435 e. The van der Waals surface area contributed by atoms with Gasteiger partial charge < -0.3 is 14.7 Å². The molecule has 1 aliphatic carbocycles. The molecule has 0 bridgehead atoms. The molecule has 0 radical (unpaired) electrons. The van der Waals surface area contributed by atoms with Gasteiger partial charge in [-0.15, -0.1) is 0 Å². The molecule has 40 heavy (non-hydrogen) atoms. The molecule has 0 spiro atoms. The zero-order valence-electron chi connectivity index (χ0n) is 22.7. The Kier molecular flexibility index (Phi) is 7.94. The summed E-state index contributed by atoms with van der Waals surface area (Å²) in [5.74, 6) is 4.48. The number of halogens is 2. The Hall–Kier alpha value is -3.34. The fourth-order valence-electron chi connectivity index (χ4n) is 5.69. The Morgan fingerprint density at radius 3 is 2.48 bits per heavy atom. The van der Waals surface area contributed by atoms with Crippen LogP contribution < -0.4 is 4.74 Å². The zero-order valence-corrected chi connectivity index (χ0v) is 23.5. The van der Waals surface area contributed by atoms with E-state index in [2.05, 4.69) is 22.4 Å². The highest BCUT2D eigenvalue weighted by molar-refractivity contribution is 7.97. The third-order valence-corrected chi connectivity index (χ3v) is 9.32. The van der Waals surface area contributed by atoms with Crippen molar-refractivity contribution in [2.75, 3.05) is 19.3 Å². The van der Waals surface area contributed by atoms with Crippen molar-refractivity contribution in [1.82, 2.24) is 19.2 Å². The minimum absolute atomic E-state index is 0.0931. The summed E-state index contributed by atoms with van der Waals surface area (Å²) in [6.07, 6.45) is 12.3. The van der Waals surface area contributed by atoms with Crippen LogP contribution in [0.5, 0.6) is 5.75 Å². The van der Waals surface area contributed by atoms with Gasteiger partial charge in [0.25, 0.3) is 0 Å². The van der Waals surface area contributed by atoms with Crippen molar-refractivity contribution in [3.05, 3.63) is 95.5 Å². The highest BCUT2D eigenvalue weighted by Crippen LogP contribution is 2.46. The lowest BCUT2D eigenvalue weighted by Gasteiger charge is -2.32. The van der Waals surface area contributed by atoms with Crippen molar-refractivity contribution in [1.29, 1.82) is 0 Å². The third-order valence-electron chi connectivity index (χ3n) is 7.87. The van der Waals surface area contributed by atoms with Crippen LogP contribution in [0.15, 0.2) is 78.6 Å². The summed E-state index contributed by atoms with van der Waals surface area (Å²) in [5.41, 5.74) is 4.48. The van der Waals surface area contributed by atoms with Gasteiger partial charge in [-0.2, -0.15) is 8.78 Å². The average molecular weight is 569 g/mol. The van der Waals surface area contributed by atoms with Gasteiger partial charge in [0.1, 0.15) is 11.6 Å². The molecule has 7 nitrogen and oxygen atoms in total. The maximum Gasteiger partial charge on any atom is 0.387 e. The maximum atomic E-state index is 13.2. The number of allylic oxidation sites excluding steroid dienone is 4. The number of piperidine rings is 1. The van der Waals surface area contributed by atoms with Gasteiger partial charge in [0.05, 0.1) is 6.10 Å². The Balaban J connectivity index is 1.40. The number of benzene rings is 1. The van der Waals surface area contributed by atoms with Crippen LogP contribution in [0.2, 0.25) is 0 Å². The van der Waals surface area contributed by atoms with Crippen molar-refractivity contribution >= 4 is 21.2 Å². The molecule has 1 fully saturated rings. The van der Waals surface area contributed by atoms with E-state index in [1.165, 1.54) is 6.07 Å². The Bertz CT molecular complexity index is 1480. The smallest absolute Gasteiger partial charge is 0.387 e. The fraction of sp³-hybridized carbons (Fsp3) is 0.367. The molecule has 212 valence electrons. The van der Waals surface area contributed by atoms with Crippen LogP contribution in [0, 0.1) is 0 Å². The van der Waals surface area contributed by atoms with Crippen LogP contribution in [0.25, 0.3) is 5.57 Å². The normalized spacial score (nSPS) is 24.0. The lowest BCUT2D eigenvalue weighted by Crippen LogP contribution is -2.37. The van der Waals surface area contributed by atoms with Crippen molar-refractivity contribution in [3.63, 3.8) is 0 Å². The number of hydrogen-bond donors (Lipinski definition) is 1. The van der Waals surface area contributed by atoms with Gasteiger partial charge in [0.15, 0.2) is 0 Å². The van der Waals surface area contributed by atoms with Gasteiger partial charge in [0, 0.05) is 87.6 Å². The Labute approximate surface area is 234 Å². The molecule has 3 atom stereocenters. The van der Waals surface area contributed by atoms with E-state index in [1.54, 1.807) is 36.8 Å². The first-order chi connectivity index (χ1) is 19.0. The molecular formula is C30H34F2N4O3S. The quantitative estimate of drug-likeness (QED) is 0.470. The van der Waals surface area contributed by atoms with E-state index in [0.29, 0.717) is 30.8 Å². The predicted molar refractivity (Wildman–Crippen MR) is 154 cm³/mol. The summed E-state index contributed by atoms with van der Waals surface area (Å²) in [4.78, 5) is 11.2. The van der Waals surface area contributed by atoms with Gasteiger partial charge in [-0.1, -0.05) is 30.9 Å². The number of ether oxygens (including phenoxy) is 1. The van der Waals surface area contributed by atoms with Crippen LogP contribution in [0.4, 0.5) is 8.78 Å². The number of rotatable bonds is 7.